The topological polar surface area (TPSA) is 73.2 Å². The molecule has 3 rings (SSSR count). The number of nitrogens with one attached hydrogen (secondary N) is 1. The van der Waals surface area contributed by atoms with Crippen LogP contribution in [0.2, 0.25) is 0 Å². The lowest BCUT2D eigenvalue weighted by Gasteiger charge is -2.09. The fraction of sp³-hybridized carbons (Fsp3) is 0.227. The van der Waals surface area contributed by atoms with Crippen molar-refractivity contribution in [2.45, 2.75) is 26.8 Å². The maximum Gasteiger partial charge on any atom is 0.254 e. The van der Waals surface area contributed by atoms with Crippen molar-refractivity contribution >= 4 is 11.6 Å². The molecule has 1 N–H and O–H groups in total. The molecule has 6 heteroatoms. The quantitative estimate of drug-likeness (QED) is 0.684. The summed E-state index contributed by atoms with van der Waals surface area (Å²) in [4.78, 5) is 28.9. The molecule has 28 heavy (non-hydrogen) atoms. The number of aryl methyl sites for hydroxylation is 1. The zero-order valence-electron chi connectivity index (χ0n) is 16.0. The highest BCUT2D eigenvalue weighted by atomic mass is 16.5. The first-order valence-electron chi connectivity index (χ1n) is 9.27. The van der Waals surface area contributed by atoms with E-state index < -0.39 is 0 Å². The summed E-state index contributed by atoms with van der Waals surface area (Å²) in [5, 5.41) is 2.79. The van der Waals surface area contributed by atoms with Gasteiger partial charge >= 0.3 is 0 Å². The van der Waals surface area contributed by atoms with Crippen molar-refractivity contribution in [3.05, 3.63) is 76.8 Å². The zero-order chi connectivity index (χ0) is 19.9. The van der Waals surface area contributed by atoms with E-state index >= 15 is 0 Å². The minimum Gasteiger partial charge on any atom is -0.494 e. The lowest BCUT2D eigenvalue weighted by atomic mass is 10.1. The number of nitrogens with zero attached hydrogens (tertiary/aromatic N) is 2. The second-order valence-electron chi connectivity index (χ2n) is 6.30. The predicted octanol–water partition coefficient (Wildman–Crippen LogP) is 3.51. The van der Waals surface area contributed by atoms with E-state index in [1.165, 1.54) is 22.5 Å². The smallest absolute Gasteiger partial charge is 0.254 e. The molecule has 2 aromatic carbocycles. The first kappa shape index (κ1) is 19.4. The molecule has 144 valence electrons. The Morgan fingerprint density at radius 1 is 1.07 bits per heavy atom. The second kappa shape index (κ2) is 8.99. The van der Waals surface area contributed by atoms with E-state index in [0.717, 1.165) is 17.7 Å². The van der Waals surface area contributed by atoms with Crippen molar-refractivity contribution in [2.24, 2.45) is 0 Å². The lowest BCUT2D eigenvalue weighted by molar-refractivity contribution is -0.116. The first-order valence-corrected chi connectivity index (χ1v) is 9.27. The SMILES string of the molecule is CCOc1ccc(-c2cc(=O)n(CC(=O)Nc3ccc(CC)cc3)cn2)cc1. The van der Waals surface area contributed by atoms with Gasteiger partial charge in [-0.05, 0) is 55.3 Å². The van der Waals surface area contributed by atoms with Gasteiger partial charge in [0.15, 0.2) is 0 Å². The summed E-state index contributed by atoms with van der Waals surface area (Å²) in [7, 11) is 0. The Kier molecular flexibility index (Phi) is 6.22. The highest BCUT2D eigenvalue weighted by Crippen LogP contribution is 2.19. The summed E-state index contributed by atoms with van der Waals surface area (Å²) in [5.41, 5.74) is 2.99. The molecule has 0 aliphatic rings. The largest absolute Gasteiger partial charge is 0.494 e. The molecule has 0 saturated carbocycles. The van der Waals surface area contributed by atoms with E-state index in [-0.39, 0.29) is 18.0 Å². The Hall–Kier alpha value is -3.41. The van der Waals surface area contributed by atoms with Crippen LogP contribution in [0, 0.1) is 0 Å². The third-order valence-electron chi connectivity index (χ3n) is 4.30. The summed E-state index contributed by atoms with van der Waals surface area (Å²) >= 11 is 0. The van der Waals surface area contributed by atoms with E-state index in [0.29, 0.717) is 18.0 Å². The zero-order valence-corrected chi connectivity index (χ0v) is 16.0. The number of anilines is 1. The molecule has 0 unspecified atom stereocenters. The molecule has 0 aliphatic carbocycles. The predicted molar refractivity (Wildman–Crippen MR) is 110 cm³/mol. The first-order chi connectivity index (χ1) is 13.6. The van der Waals surface area contributed by atoms with Crippen LogP contribution in [-0.2, 0) is 17.8 Å². The third-order valence-corrected chi connectivity index (χ3v) is 4.30. The maximum atomic E-state index is 12.4. The molecular weight excluding hydrogens is 354 g/mol. The van der Waals surface area contributed by atoms with Gasteiger partial charge < -0.3 is 10.1 Å². The van der Waals surface area contributed by atoms with E-state index in [1.807, 2.05) is 55.5 Å². The highest BCUT2D eigenvalue weighted by molar-refractivity contribution is 5.90. The van der Waals surface area contributed by atoms with Crippen LogP contribution in [0.25, 0.3) is 11.3 Å². The molecule has 0 fully saturated rings. The van der Waals surface area contributed by atoms with Crippen molar-refractivity contribution in [2.75, 3.05) is 11.9 Å². The fourth-order valence-electron chi connectivity index (χ4n) is 2.77. The molecule has 1 aromatic heterocycles. The van der Waals surface area contributed by atoms with Gasteiger partial charge in [0, 0.05) is 17.3 Å². The Balaban J connectivity index is 1.67. The Morgan fingerprint density at radius 3 is 2.39 bits per heavy atom. The second-order valence-corrected chi connectivity index (χ2v) is 6.30. The van der Waals surface area contributed by atoms with Crippen LogP contribution in [0.1, 0.15) is 19.4 Å². The number of rotatable bonds is 7. The number of benzene rings is 2. The summed E-state index contributed by atoms with van der Waals surface area (Å²) in [6.45, 7) is 4.50. The van der Waals surface area contributed by atoms with E-state index in [1.54, 1.807) is 0 Å². The number of ether oxygens (including phenoxy) is 1. The number of aromatic nitrogens is 2. The molecule has 0 aliphatic heterocycles. The van der Waals surface area contributed by atoms with E-state index in [2.05, 4.69) is 17.2 Å². The molecule has 1 heterocycles. The van der Waals surface area contributed by atoms with Gasteiger partial charge in [-0.1, -0.05) is 19.1 Å². The summed E-state index contributed by atoms with van der Waals surface area (Å²) in [5.74, 6) is 0.491. The highest BCUT2D eigenvalue weighted by Gasteiger charge is 2.08. The number of hydrogen-bond donors (Lipinski definition) is 1. The van der Waals surface area contributed by atoms with Crippen LogP contribution >= 0.6 is 0 Å². The van der Waals surface area contributed by atoms with Gasteiger partial charge in [0.25, 0.3) is 5.56 Å². The van der Waals surface area contributed by atoms with Gasteiger partial charge in [-0.25, -0.2) is 4.98 Å². The van der Waals surface area contributed by atoms with Crippen molar-refractivity contribution in [1.29, 1.82) is 0 Å². The van der Waals surface area contributed by atoms with Crippen molar-refractivity contribution in [1.82, 2.24) is 9.55 Å². The Labute approximate surface area is 163 Å². The van der Waals surface area contributed by atoms with Crippen LogP contribution in [0.5, 0.6) is 5.75 Å². The number of hydrogen-bond acceptors (Lipinski definition) is 4. The van der Waals surface area contributed by atoms with Crippen molar-refractivity contribution in [3.63, 3.8) is 0 Å². The van der Waals surface area contributed by atoms with Gasteiger partial charge in [-0.15, -0.1) is 0 Å². The monoisotopic (exact) mass is 377 g/mol. The molecular formula is C22H23N3O3. The van der Waals surface area contributed by atoms with Crippen LogP contribution in [0.4, 0.5) is 5.69 Å². The molecule has 0 atom stereocenters. The Morgan fingerprint density at radius 2 is 1.79 bits per heavy atom. The van der Waals surface area contributed by atoms with Crippen LogP contribution < -0.4 is 15.6 Å². The minimum atomic E-state index is -0.282. The van der Waals surface area contributed by atoms with E-state index in [4.69, 9.17) is 4.74 Å². The summed E-state index contributed by atoms with van der Waals surface area (Å²) in [6.07, 6.45) is 2.34. The molecule has 1 amide bonds. The molecule has 6 nitrogen and oxygen atoms in total. The van der Waals surface area contributed by atoms with Gasteiger partial charge in [-0.2, -0.15) is 0 Å². The Bertz CT molecular complexity index is 993. The normalized spacial score (nSPS) is 10.5. The summed E-state index contributed by atoms with van der Waals surface area (Å²) < 4.78 is 6.70. The minimum absolute atomic E-state index is 0.0923. The average Bonchev–Trinajstić information content (AvgIpc) is 2.71. The molecule has 3 aromatic rings. The van der Waals surface area contributed by atoms with Crippen molar-refractivity contribution in [3.8, 4) is 17.0 Å². The summed E-state index contributed by atoms with van der Waals surface area (Å²) in [6, 6.07) is 16.4. The van der Waals surface area contributed by atoms with Crippen LogP contribution in [0.15, 0.2) is 65.7 Å². The molecule has 0 bridgehead atoms. The fourth-order valence-corrected chi connectivity index (χ4v) is 2.77. The standard InChI is InChI=1S/C22H23N3O3/c1-3-16-5-9-18(10-6-16)24-21(26)14-25-15-23-20(13-22(25)27)17-7-11-19(12-8-17)28-4-2/h5-13,15H,3-4,14H2,1-2H3,(H,24,26). The van der Waals surface area contributed by atoms with E-state index in [9.17, 15) is 9.59 Å². The third kappa shape index (κ3) is 4.85. The molecule has 0 spiro atoms. The molecule has 0 saturated heterocycles. The average molecular weight is 377 g/mol. The van der Waals surface area contributed by atoms with Crippen molar-refractivity contribution < 1.29 is 9.53 Å². The van der Waals surface area contributed by atoms with Gasteiger partial charge in [0.2, 0.25) is 5.91 Å². The van der Waals surface area contributed by atoms with Gasteiger partial charge in [0.05, 0.1) is 18.6 Å². The number of amides is 1. The number of carbonyl (C=O) groups is 1. The molecule has 0 radical (unpaired) electrons. The van der Waals surface area contributed by atoms with Crippen LogP contribution in [-0.4, -0.2) is 22.1 Å². The number of carbonyl (C=O) groups excluding carboxylic acids is 1. The maximum absolute atomic E-state index is 12.4. The van der Waals surface area contributed by atoms with Gasteiger partial charge in [-0.3, -0.25) is 14.2 Å². The van der Waals surface area contributed by atoms with Crippen LogP contribution in [0.3, 0.4) is 0 Å². The van der Waals surface area contributed by atoms with Gasteiger partial charge in [0.1, 0.15) is 12.3 Å². The lowest BCUT2D eigenvalue weighted by Crippen LogP contribution is -2.27.